The largest absolute Gasteiger partial charge is 0.477 e. The molecule has 0 unspecified atom stereocenters. The van der Waals surface area contributed by atoms with Crippen molar-refractivity contribution in [2.45, 2.75) is 0 Å². The summed E-state index contributed by atoms with van der Waals surface area (Å²) in [5, 5.41) is 9.10. The predicted molar refractivity (Wildman–Crippen MR) is 76.8 cm³/mol. The monoisotopic (exact) mass is 307 g/mol. The van der Waals surface area contributed by atoms with Gasteiger partial charge in [0.15, 0.2) is 0 Å². The van der Waals surface area contributed by atoms with Crippen LogP contribution in [0.25, 0.3) is 0 Å². The third kappa shape index (κ3) is 3.98. The van der Waals surface area contributed by atoms with Gasteiger partial charge < -0.3 is 14.7 Å². The molecule has 0 aromatic rings. The molecule has 1 fully saturated rings. The molecule has 8 heteroatoms. The smallest absolute Gasteiger partial charge is 0.343 e. The lowest BCUT2D eigenvalue weighted by molar-refractivity contribution is -0.133. The molecule has 1 aliphatic heterocycles. The van der Waals surface area contributed by atoms with Gasteiger partial charge in [0.1, 0.15) is 4.91 Å². The number of carbonyl (C=O) groups is 2. The van der Waals surface area contributed by atoms with E-state index in [2.05, 4.69) is 12.2 Å². The van der Waals surface area contributed by atoms with E-state index >= 15 is 0 Å². The van der Waals surface area contributed by atoms with Crippen LogP contribution in [0.1, 0.15) is 0 Å². The molecular weight excluding hydrogens is 294 g/mol. The summed E-state index contributed by atoms with van der Waals surface area (Å²) in [7, 11) is 0. The highest BCUT2D eigenvalue weighted by Gasteiger charge is 2.25. The maximum atomic E-state index is 12.2. The van der Waals surface area contributed by atoms with Crippen LogP contribution in [-0.2, 0) is 14.3 Å². The van der Waals surface area contributed by atoms with Gasteiger partial charge in [0, 0.05) is 17.8 Å². The number of ether oxygens (including phenoxy) is 1. The Hall–Kier alpha value is -0.570. The van der Waals surface area contributed by atoms with Crippen LogP contribution in [0, 0.1) is 0 Å². The molecule has 0 saturated carbocycles. The van der Waals surface area contributed by atoms with Gasteiger partial charge in [0.25, 0.3) is 5.91 Å². The number of morpholine rings is 1. The van der Waals surface area contributed by atoms with Crippen molar-refractivity contribution in [3.8, 4) is 0 Å². The molecule has 1 heterocycles. The van der Waals surface area contributed by atoms with E-state index in [1.165, 1.54) is 4.70 Å². The first-order valence-electron chi connectivity index (χ1n) is 5.10. The topological polar surface area (TPSA) is 66.8 Å². The van der Waals surface area contributed by atoms with Crippen LogP contribution in [0.15, 0.2) is 9.81 Å². The third-order valence-electron chi connectivity index (χ3n) is 2.26. The highest BCUT2D eigenvalue weighted by molar-refractivity contribution is 8.24. The summed E-state index contributed by atoms with van der Waals surface area (Å²) in [5.41, 5.74) is 0. The van der Waals surface area contributed by atoms with Crippen LogP contribution in [0.2, 0.25) is 0 Å². The number of carbonyl (C=O) groups excluding carboxylic acids is 1. The Kier molecular flexibility index (Phi) is 6.69. The standard InChI is InChI=1S/C10H13NO4S3/c1-17-7(8(10(13)14)18-6-16)9(12)11-2-4-15-5-3-11/h6H,2-5H2,1H3,(H,13,14)/b8-7-. The number of hydrogen-bond donors (Lipinski definition) is 1. The molecule has 1 N–H and O–H groups in total. The second-order valence-electron chi connectivity index (χ2n) is 3.29. The summed E-state index contributed by atoms with van der Waals surface area (Å²) in [6, 6.07) is 0. The first-order valence-corrected chi connectivity index (χ1v) is 7.68. The average Bonchev–Trinajstić information content (AvgIpc) is 2.39. The second kappa shape index (κ2) is 7.78. The van der Waals surface area contributed by atoms with E-state index in [0.29, 0.717) is 26.3 Å². The van der Waals surface area contributed by atoms with E-state index in [9.17, 15) is 9.59 Å². The van der Waals surface area contributed by atoms with E-state index in [-0.39, 0.29) is 15.7 Å². The number of rotatable bonds is 5. The van der Waals surface area contributed by atoms with Crippen molar-refractivity contribution in [1.82, 2.24) is 4.90 Å². The molecule has 0 aromatic heterocycles. The Bertz CT molecular complexity index is 377. The van der Waals surface area contributed by atoms with Crippen molar-refractivity contribution in [2.24, 2.45) is 0 Å². The van der Waals surface area contributed by atoms with E-state index < -0.39 is 5.97 Å². The molecule has 0 atom stereocenters. The first-order chi connectivity index (χ1) is 8.61. The lowest BCUT2D eigenvalue weighted by Crippen LogP contribution is -2.41. The summed E-state index contributed by atoms with van der Waals surface area (Å²) in [5.74, 6) is -1.40. The molecule has 0 aromatic carbocycles. The molecular formula is C10H13NO4S3. The maximum Gasteiger partial charge on any atom is 0.343 e. The Morgan fingerprint density at radius 1 is 1.33 bits per heavy atom. The van der Waals surface area contributed by atoms with Gasteiger partial charge in [-0.15, -0.1) is 11.8 Å². The van der Waals surface area contributed by atoms with E-state index in [0.717, 1.165) is 23.5 Å². The summed E-state index contributed by atoms with van der Waals surface area (Å²) >= 11 is 6.65. The Morgan fingerprint density at radius 3 is 2.39 bits per heavy atom. The molecule has 100 valence electrons. The van der Waals surface area contributed by atoms with Crippen LogP contribution in [0.5, 0.6) is 0 Å². The minimum absolute atomic E-state index is 0.0195. The molecule has 1 aliphatic rings. The molecule has 1 amide bonds. The number of thiocarbonyl (C=S) groups is 1. The molecule has 5 nitrogen and oxygen atoms in total. The van der Waals surface area contributed by atoms with Gasteiger partial charge >= 0.3 is 5.97 Å². The fraction of sp³-hybridized carbons (Fsp3) is 0.500. The number of carboxylic acid groups (broad SMARTS) is 1. The van der Waals surface area contributed by atoms with Gasteiger partial charge in [-0.25, -0.2) is 4.79 Å². The van der Waals surface area contributed by atoms with Gasteiger partial charge in [0.2, 0.25) is 0 Å². The summed E-state index contributed by atoms with van der Waals surface area (Å²) in [6.07, 6.45) is 1.68. The predicted octanol–water partition coefficient (Wildman–Crippen LogP) is 1.19. The van der Waals surface area contributed by atoms with Crippen LogP contribution >= 0.6 is 35.7 Å². The molecule has 18 heavy (non-hydrogen) atoms. The van der Waals surface area contributed by atoms with Crippen LogP contribution in [0.4, 0.5) is 0 Å². The molecule has 1 saturated heterocycles. The zero-order valence-corrected chi connectivity index (χ0v) is 12.2. The lowest BCUT2D eigenvalue weighted by Gasteiger charge is -2.27. The zero-order valence-electron chi connectivity index (χ0n) is 9.75. The number of carboxylic acids is 1. The number of hydrogen-bond acceptors (Lipinski definition) is 6. The third-order valence-corrected chi connectivity index (χ3v) is 4.18. The molecule has 1 rings (SSSR count). The maximum absolute atomic E-state index is 12.2. The van der Waals surface area contributed by atoms with Crippen molar-refractivity contribution < 1.29 is 19.4 Å². The van der Waals surface area contributed by atoms with Crippen LogP contribution < -0.4 is 0 Å². The summed E-state index contributed by atoms with van der Waals surface area (Å²) < 4.78 is 6.40. The quantitative estimate of drug-likeness (QED) is 0.604. The zero-order chi connectivity index (χ0) is 13.5. The van der Waals surface area contributed by atoms with E-state index in [4.69, 9.17) is 9.84 Å². The molecule has 0 bridgehead atoms. The number of amides is 1. The van der Waals surface area contributed by atoms with Gasteiger partial charge in [-0.2, -0.15) is 0 Å². The Morgan fingerprint density at radius 2 is 1.94 bits per heavy atom. The highest BCUT2D eigenvalue weighted by atomic mass is 32.2. The van der Waals surface area contributed by atoms with Gasteiger partial charge in [-0.05, 0) is 6.26 Å². The van der Waals surface area contributed by atoms with Crippen molar-refractivity contribution in [3.63, 3.8) is 0 Å². The minimum Gasteiger partial charge on any atom is -0.477 e. The molecule has 0 aliphatic carbocycles. The van der Waals surface area contributed by atoms with Crippen LogP contribution in [0.3, 0.4) is 0 Å². The Labute approximate surface area is 119 Å². The van der Waals surface area contributed by atoms with Gasteiger partial charge in [0.05, 0.1) is 18.1 Å². The number of aliphatic carboxylic acids is 1. The second-order valence-corrected chi connectivity index (χ2v) is 5.52. The van der Waals surface area contributed by atoms with E-state index in [1.807, 2.05) is 0 Å². The summed E-state index contributed by atoms with van der Waals surface area (Å²) in [4.78, 5) is 25.1. The van der Waals surface area contributed by atoms with Gasteiger partial charge in [-0.1, -0.05) is 24.0 Å². The first kappa shape index (κ1) is 15.5. The van der Waals surface area contributed by atoms with Crippen LogP contribution in [-0.4, -0.2) is 59.1 Å². The van der Waals surface area contributed by atoms with Crippen molar-refractivity contribution in [3.05, 3.63) is 9.81 Å². The van der Waals surface area contributed by atoms with Crippen molar-refractivity contribution in [2.75, 3.05) is 32.6 Å². The van der Waals surface area contributed by atoms with E-state index in [1.54, 1.807) is 11.2 Å². The summed E-state index contributed by atoms with van der Waals surface area (Å²) in [6.45, 7) is 1.93. The average molecular weight is 307 g/mol. The molecule has 0 radical (unpaired) electrons. The minimum atomic E-state index is -1.13. The number of nitrogens with zero attached hydrogens (tertiary/aromatic N) is 1. The number of thioether (sulfide) groups is 2. The molecule has 0 spiro atoms. The van der Waals surface area contributed by atoms with Gasteiger partial charge in [-0.3, -0.25) is 4.79 Å². The normalized spacial score (nSPS) is 17.1. The van der Waals surface area contributed by atoms with Crippen molar-refractivity contribution in [1.29, 1.82) is 0 Å². The highest BCUT2D eigenvalue weighted by Crippen LogP contribution is 2.27. The fourth-order valence-corrected chi connectivity index (χ4v) is 3.09. The lowest BCUT2D eigenvalue weighted by atomic mass is 10.3. The fourth-order valence-electron chi connectivity index (χ4n) is 1.44. The van der Waals surface area contributed by atoms with Crippen molar-refractivity contribution >= 4 is 52.3 Å². The Balaban J connectivity index is 2.97. The SMILES string of the molecule is CS/C(C(=O)N1CCOCC1)=C(\SC=S)C(=O)O.